The summed E-state index contributed by atoms with van der Waals surface area (Å²) in [5, 5.41) is 27.2. The molecule has 4 rings (SSSR count). The van der Waals surface area contributed by atoms with Crippen LogP contribution in [0.1, 0.15) is 12.0 Å². The topological polar surface area (TPSA) is 64.5 Å². The van der Waals surface area contributed by atoms with Gasteiger partial charge in [-0.15, -0.1) is 0 Å². The molecule has 1 aromatic rings. The van der Waals surface area contributed by atoms with Crippen molar-refractivity contribution in [2.24, 2.45) is 11.8 Å². The minimum Gasteiger partial charge on any atom is -0.375 e. The lowest BCUT2D eigenvalue weighted by Gasteiger charge is -2.29. The summed E-state index contributed by atoms with van der Waals surface area (Å²) in [6.07, 6.45) is -2.29. The number of aliphatic hydroxyl groups is 2. The van der Waals surface area contributed by atoms with Crippen molar-refractivity contribution < 1.29 is 23.4 Å². The standard InChI is InChI=1S/C19H18BrF3N2O2/c20-12-7-3-10(4-8-12)16-14-13(17(26)25-16)15(24-18(14)27)9-1-5-11(6-2-9)19(21,22)23/h1,3-9,13,15,17-18,24-27H,2H2/t9?,13?,15?,17-,18?/m1/s1. The molecule has 2 heterocycles. The van der Waals surface area contributed by atoms with E-state index in [0.29, 0.717) is 11.3 Å². The van der Waals surface area contributed by atoms with Gasteiger partial charge in [-0.1, -0.05) is 46.3 Å². The molecular weight excluding hydrogens is 425 g/mol. The lowest BCUT2D eigenvalue weighted by Crippen LogP contribution is -2.44. The normalized spacial score (nSPS) is 33.1. The van der Waals surface area contributed by atoms with Gasteiger partial charge in [-0.25, -0.2) is 0 Å². The van der Waals surface area contributed by atoms with Crippen LogP contribution in [0.3, 0.4) is 0 Å². The average molecular weight is 443 g/mol. The summed E-state index contributed by atoms with van der Waals surface area (Å²) < 4.78 is 39.4. The summed E-state index contributed by atoms with van der Waals surface area (Å²) in [5.74, 6) is -0.678. The van der Waals surface area contributed by atoms with Gasteiger partial charge in [0.25, 0.3) is 0 Å². The van der Waals surface area contributed by atoms with Crippen molar-refractivity contribution in [3.63, 3.8) is 0 Å². The van der Waals surface area contributed by atoms with E-state index in [-0.39, 0.29) is 18.4 Å². The molecule has 0 aromatic heterocycles. The second-order valence-corrected chi connectivity index (χ2v) is 7.88. The Bertz CT molecular complexity index is 832. The van der Waals surface area contributed by atoms with Crippen molar-refractivity contribution in [3.8, 4) is 0 Å². The van der Waals surface area contributed by atoms with E-state index in [1.807, 2.05) is 24.3 Å². The van der Waals surface area contributed by atoms with Crippen LogP contribution in [0.25, 0.3) is 5.70 Å². The molecule has 27 heavy (non-hydrogen) atoms. The minimum atomic E-state index is -4.36. The maximum atomic E-state index is 12.8. The molecule has 144 valence electrons. The van der Waals surface area contributed by atoms with Crippen LogP contribution in [0.2, 0.25) is 0 Å². The average Bonchev–Trinajstić information content (AvgIpc) is 3.14. The van der Waals surface area contributed by atoms with E-state index in [9.17, 15) is 23.4 Å². The second kappa shape index (κ2) is 6.77. The molecule has 5 atom stereocenters. The van der Waals surface area contributed by atoms with E-state index in [4.69, 9.17) is 0 Å². The largest absolute Gasteiger partial charge is 0.416 e. The molecular formula is C19H18BrF3N2O2. The van der Waals surface area contributed by atoms with Crippen LogP contribution in [0.15, 0.2) is 58.1 Å². The number of aliphatic hydroxyl groups excluding tert-OH is 2. The van der Waals surface area contributed by atoms with Crippen molar-refractivity contribution in [2.45, 2.75) is 31.1 Å². The van der Waals surface area contributed by atoms with Gasteiger partial charge < -0.3 is 15.5 Å². The Morgan fingerprint density at radius 1 is 1.11 bits per heavy atom. The second-order valence-electron chi connectivity index (χ2n) is 6.96. The van der Waals surface area contributed by atoms with Crippen molar-refractivity contribution in [2.75, 3.05) is 0 Å². The highest BCUT2D eigenvalue weighted by molar-refractivity contribution is 9.10. The number of allylic oxidation sites excluding steroid dienone is 3. The van der Waals surface area contributed by atoms with Gasteiger partial charge in [-0.3, -0.25) is 5.32 Å². The van der Waals surface area contributed by atoms with Crippen molar-refractivity contribution in [1.29, 1.82) is 0 Å². The maximum absolute atomic E-state index is 12.8. The van der Waals surface area contributed by atoms with E-state index >= 15 is 0 Å². The Morgan fingerprint density at radius 2 is 1.81 bits per heavy atom. The molecule has 4 unspecified atom stereocenters. The quantitative estimate of drug-likeness (QED) is 0.568. The number of fused-ring (bicyclic) bond motifs is 1. The third-order valence-corrected chi connectivity index (χ3v) is 5.90. The fourth-order valence-corrected chi connectivity index (χ4v) is 4.38. The summed E-state index contributed by atoms with van der Waals surface area (Å²) in [5.41, 5.74) is 1.48. The zero-order valence-electron chi connectivity index (χ0n) is 14.0. The number of hydrogen-bond acceptors (Lipinski definition) is 4. The third-order valence-electron chi connectivity index (χ3n) is 5.37. The number of halogens is 4. The van der Waals surface area contributed by atoms with Crippen molar-refractivity contribution >= 4 is 21.6 Å². The van der Waals surface area contributed by atoms with Gasteiger partial charge in [-0.2, -0.15) is 13.2 Å². The molecule has 0 bridgehead atoms. The summed E-state index contributed by atoms with van der Waals surface area (Å²) in [7, 11) is 0. The first-order valence-electron chi connectivity index (χ1n) is 8.60. The maximum Gasteiger partial charge on any atom is 0.416 e. The molecule has 1 aromatic carbocycles. The van der Waals surface area contributed by atoms with Gasteiger partial charge in [0, 0.05) is 27.7 Å². The Labute approximate surface area is 162 Å². The number of nitrogens with one attached hydrogen (secondary N) is 2. The first-order chi connectivity index (χ1) is 12.8. The fraction of sp³-hybridized carbons (Fsp3) is 0.368. The van der Waals surface area contributed by atoms with Gasteiger partial charge >= 0.3 is 6.18 Å². The number of benzene rings is 1. The van der Waals surface area contributed by atoms with Gasteiger partial charge in [0.1, 0.15) is 12.5 Å². The summed E-state index contributed by atoms with van der Waals surface area (Å²) >= 11 is 3.37. The first kappa shape index (κ1) is 18.7. The van der Waals surface area contributed by atoms with Gasteiger partial charge in [0.2, 0.25) is 0 Å². The van der Waals surface area contributed by atoms with Gasteiger partial charge in [0.15, 0.2) is 0 Å². The lowest BCUT2D eigenvalue weighted by atomic mass is 9.82. The first-order valence-corrected chi connectivity index (χ1v) is 9.39. The third kappa shape index (κ3) is 3.35. The van der Waals surface area contributed by atoms with Gasteiger partial charge in [-0.05, 0) is 30.0 Å². The number of hydrogen-bond donors (Lipinski definition) is 4. The molecule has 4 N–H and O–H groups in total. The highest BCUT2D eigenvalue weighted by atomic mass is 79.9. The molecule has 1 fully saturated rings. The number of alkyl halides is 3. The Kier molecular flexibility index (Phi) is 4.70. The fourth-order valence-electron chi connectivity index (χ4n) is 4.11. The van der Waals surface area contributed by atoms with Crippen LogP contribution >= 0.6 is 15.9 Å². The summed E-state index contributed by atoms with van der Waals surface area (Å²) in [6, 6.07) is 7.10. The van der Waals surface area contributed by atoms with E-state index in [1.54, 1.807) is 0 Å². The van der Waals surface area contributed by atoms with E-state index in [0.717, 1.165) is 16.1 Å². The van der Waals surface area contributed by atoms with Crippen LogP contribution in [-0.2, 0) is 0 Å². The number of rotatable bonds is 2. The van der Waals surface area contributed by atoms with E-state index in [1.165, 1.54) is 12.2 Å². The predicted molar refractivity (Wildman–Crippen MR) is 98.0 cm³/mol. The molecule has 0 amide bonds. The summed E-state index contributed by atoms with van der Waals surface area (Å²) in [6.45, 7) is 0. The van der Waals surface area contributed by atoms with Crippen LogP contribution in [0.5, 0.6) is 0 Å². The smallest absolute Gasteiger partial charge is 0.375 e. The van der Waals surface area contributed by atoms with Gasteiger partial charge in [0.05, 0.1) is 5.57 Å². The molecule has 4 nitrogen and oxygen atoms in total. The highest BCUT2D eigenvalue weighted by Gasteiger charge is 2.50. The molecule has 0 spiro atoms. The molecule has 1 saturated heterocycles. The molecule has 0 saturated carbocycles. The molecule has 3 aliphatic rings. The Hall–Kier alpha value is -1.61. The van der Waals surface area contributed by atoms with E-state index < -0.39 is 30.1 Å². The Balaban J connectivity index is 1.61. The van der Waals surface area contributed by atoms with Crippen molar-refractivity contribution in [1.82, 2.24) is 10.6 Å². The SMILES string of the molecule is OC1NC(C2C=CC(C(F)(F)F)=CC2)C2C1=C(c1ccc(Br)cc1)N[C@@H]2O. The molecule has 1 aliphatic carbocycles. The summed E-state index contributed by atoms with van der Waals surface area (Å²) in [4.78, 5) is 0. The predicted octanol–water partition coefficient (Wildman–Crippen LogP) is 3.05. The Morgan fingerprint density at radius 3 is 2.41 bits per heavy atom. The molecule has 8 heteroatoms. The van der Waals surface area contributed by atoms with Crippen molar-refractivity contribution in [3.05, 3.63) is 63.7 Å². The van der Waals surface area contributed by atoms with E-state index in [2.05, 4.69) is 26.6 Å². The monoisotopic (exact) mass is 442 g/mol. The zero-order valence-corrected chi connectivity index (χ0v) is 15.6. The lowest BCUT2D eigenvalue weighted by molar-refractivity contribution is -0.0888. The van der Waals surface area contributed by atoms with Crippen LogP contribution in [0.4, 0.5) is 13.2 Å². The zero-order chi connectivity index (χ0) is 19.3. The van der Waals surface area contributed by atoms with Crippen LogP contribution in [0, 0.1) is 11.8 Å². The molecule has 2 aliphatic heterocycles. The molecule has 0 radical (unpaired) electrons. The van der Waals surface area contributed by atoms with Crippen LogP contribution < -0.4 is 10.6 Å². The van der Waals surface area contributed by atoms with Crippen LogP contribution in [-0.4, -0.2) is 34.9 Å². The highest BCUT2D eigenvalue weighted by Crippen LogP contribution is 2.43. The minimum absolute atomic E-state index is 0.194.